The molecule has 1 aliphatic rings. The molecule has 1 aromatic rings. The lowest BCUT2D eigenvalue weighted by atomic mass is 10.0. The van der Waals surface area contributed by atoms with E-state index >= 15 is 0 Å². The fourth-order valence-electron chi connectivity index (χ4n) is 1.92. The lowest BCUT2D eigenvalue weighted by Crippen LogP contribution is -2.28. The van der Waals surface area contributed by atoms with Crippen LogP contribution in [0.1, 0.15) is 23.6 Å². The van der Waals surface area contributed by atoms with Crippen molar-refractivity contribution in [2.75, 3.05) is 12.3 Å². The van der Waals surface area contributed by atoms with E-state index in [9.17, 15) is 18.0 Å². The van der Waals surface area contributed by atoms with E-state index in [0.717, 1.165) is 16.0 Å². The van der Waals surface area contributed by atoms with Crippen molar-refractivity contribution in [1.29, 1.82) is 0 Å². The number of carboxylic acid groups (broad SMARTS) is 2. The first-order chi connectivity index (χ1) is 11.1. The number of benzene rings is 1. The molecular weight excluding hydrogens is 415 g/mol. The fourth-order valence-corrected chi connectivity index (χ4v) is 3.43. The van der Waals surface area contributed by atoms with Gasteiger partial charge < -0.3 is 15.5 Å². The van der Waals surface area contributed by atoms with Crippen LogP contribution in [-0.4, -0.2) is 40.6 Å². The number of alkyl halides is 3. The molecular formula is C14H15BrF3NO4S. The van der Waals surface area contributed by atoms with Gasteiger partial charge in [0.1, 0.15) is 0 Å². The monoisotopic (exact) mass is 429 g/mol. The van der Waals surface area contributed by atoms with E-state index in [1.54, 1.807) is 0 Å². The van der Waals surface area contributed by atoms with Gasteiger partial charge in [-0.2, -0.15) is 24.9 Å². The van der Waals surface area contributed by atoms with Gasteiger partial charge in [-0.3, -0.25) is 4.79 Å². The second kappa shape index (κ2) is 9.28. The van der Waals surface area contributed by atoms with Gasteiger partial charge in [-0.05, 0) is 23.3 Å². The zero-order chi connectivity index (χ0) is 18.3. The van der Waals surface area contributed by atoms with Gasteiger partial charge in [-0.1, -0.05) is 22.0 Å². The Kier molecular flexibility index (Phi) is 8.04. The summed E-state index contributed by atoms with van der Waals surface area (Å²) in [5.41, 5.74) is 2.64. The van der Waals surface area contributed by atoms with Gasteiger partial charge in [-0.25, -0.2) is 4.79 Å². The summed E-state index contributed by atoms with van der Waals surface area (Å²) >= 11 is 5.37. The van der Waals surface area contributed by atoms with Gasteiger partial charge in [0.2, 0.25) is 0 Å². The van der Waals surface area contributed by atoms with Crippen molar-refractivity contribution in [3.8, 4) is 0 Å². The maximum Gasteiger partial charge on any atom is 0.490 e. The second-order valence-corrected chi connectivity index (χ2v) is 6.76. The van der Waals surface area contributed by atoms with Crippen LogP contribution in [0, 0.1) is 0 Å². The molecule has 1 unspecified atom stereocenters. The molecule has 0 bridgehead atoms. The normalized spacial score (nSPS) is 16.6. The highest BCUT2D eigenvalue weighted by Crippen LogP contribution is 2.33. The van der Waals surface area contributed by atoms with E-state index in [1.807, 2.05) is 11.8 Å². The van der Waals surface area contributed by atoms with E-state index in [0.29, 0.717) is 6.54 Å². The number of halogens is 4. The van der Waals surface area contributed by atoms with Crippen LogP contribution in [0.2, 0.25) is 0 Å². The van der Waals surface area contributed by atoms with Crippen molar-refractivity contribution >= 4 is 39.6 Å². The summed E-state index contributed by atoms with van der Waals surface area (Å²) in [6.07, 6.45) is -4.91. The van der Waals surface area contributed by atoms with E-state index in [-0.39, 0.29) is 12.5 Å². The summed E-state index contributed by atoms with van der Waals surface area (Å²) in [5, 5.41) is 19.1. The molecule has 0 aliphatic carbocycles. The molecule has 0 saturated heterocycles. The van der Waals surface area contributed by atoms with E-state index in [1.165, 1.54) is 11.1 Å². The second-order valence-electron chi connectivity index (χ2n) is 4.81. The SMILES string of the molecule is O=C(O)C(F)(F)F.O=C(O)CCNC1CSCc2ccc(Br)cc21. The minimum absolute atomic E-state index is 0.171. The predicted molar refractivity (Wildman–Crippen MR) is 87.0 cm³/mol. The van der Waals surface area contributed by atoms with Crippen LogP contribution in [0.3, 0.4) is 0 Å². The van der Waals surface area contributed by atoms with Gasteiger partial charge in [0.25, 0.3) is 0 Å². The van der Waals surface area contributed by atoms with Gasteiger partial charge in [0.05, 0.1) is 6.42 Å². The standard InChI is InChI=1S/C12H14BrNO2S.C2HF3O2/c13-9-2-1-8-6-17-7-11(10(8)5-9)14-4-3-12(15)16;3-2(4,5)1(6)7/h1-2,5,11,14H,3-4,6-7H2,(H,15,16);(H,6,7). The fraction of sp³-hybridized carbons (Fsp3) is 0.429. The summed E-state index contributed by atoms with van der Waals surface area (Å²) in [4.78, 5) is 19.4. The first kappa shape index (κ1) is 20.8. The summed E-state index contributed by atoms with van der Waals surface area (Å²) in [5.74, 6) is -1.47. The largest absolute Gasteiger partial charge is 0.490 e. The summed E-state index contributed by atoms with van der Waals surface area (Å²) in [6, 6.07) is 6.59. The van der Waals surface area contributed by atoms with Crippen molar-refractivity contribution in [1.82, 2.24) is 5.32 Å². The molecule has 10 heteroatoms. The zero-order valence-corrected chi connectivity index (χ0v) is 14.7. The first-order valence-corrected chi connectivity index (χ1v) is 8.67. The van der Waals surface area contributed by atoms with Crippen LogP contribution < -0.4 is 5.32 Å². The minimum atomic E-state index is -5.08. The zero-order valence-electron chi connectivity index (χ0n) is 12.3. The van der Waals surface area contributed by atoms with Crippen LogP contribution >= 0.6 is 27.7 Å². The Morgan fingerprint density at radius 1 is 1.33 bits per heavy atom. The average molecular weight is 430 g/mol. The molecule has 1 atom stereocenters. The van der Waals surface area contributed by atoms with Crippen molar-refractivity contribution in [3.63, 3.8) is 0 Å². The molecule has 0 spiro atoms. The minimum Gasteiger partial charge on any atom is -0.481 e. The Morgan fingerprint density at radius 2 is 1.96 bits per heavy atom. The molecule has 1 aliphatic heterocycles. The smallest absolute Gasteiger partial charge is 0.481 e. The summed E-state index contributed by atoms with van der Waals surface area (Å²) in [7, 11) is 0. The van der Waals surface area contributed by atoms with Crippen molar-refractivity contribution < 1.29 is 33.0 Å². The van der Waals surface area contributed by atoms with Gasteiger partial charge in [0, 0.05) is 28.6 Å². The summed E-state index contributed by atoms with van der Waals surface area (Å²) in [6.45, 7) is 0.520. The third kappa shape index (κ3) is 7.10. The van der Waals surface area contributed by atoms with Gasteiger partial charge in [-0.15, -0.1) is 0 Å². The molecule has 0 radical (unpaired) electrons. The van der Waals surface area contributed by atoms with Crippen LogP contribution in [-0.2, 0) is 15.3 Å². The van der Waals surface area contributed by atoms with Crippen LogP contribution in [0.15, 0.2) is 22.7 Å². The number of aliphatic carboxylic acids is 2. The number of carboxylic acids is 2. The molecule has 1 aromatic carbocycles. The number of fused-ring (bicyclic) bond motifs is 1. The molecule has 0 fully saturated rings. The van der Waals surface area contributed by atoms with Crippen molar-refractivity contribution in [2.45, 2.75) is 24.4 Å². The molecule has 24 heavy (non-hydrogen) atoms. The predicted octanol–water partition coefficient (Wildman–Crippen LogP) is 3.43. The number of hydrogen-bond acceptors (Lipinski definition) is 4. The third-order valence-corrected chi connectivity index (χ3v) is 4.57. The van der Waals surface area contributed by atoms with E-state index in [2.05, 4.69) is 39.4 Å². The highest BCUT2D eigenvalue weighted by atomic mass is 79.9. The number of thioether (sulfide) groups is 1. The maximum absolute atomic E-state index is 10.6. The third-order valence-electron chi connectivity index (χ3n) is 3.00. The lowest BCUT2D eigenvalue weighted by molar-refractivity contribution is -0.192. The van der Waals surface area contributed by atoms with Crippen LogP contribution in [0.25, 0.3) is 0 Å². The van der Waals surface area contributed by atoms with Crippen molar-refractivity contribution in [3.05, 3.63) is 33.8 Å². The molecule has 0 amide bonds. The lowest BCUT2D eigenvalue weighted by Gasteiger charge is -2.26. The molecule has 3 N–H and O–H groups in total. The first-order valence-electron chi connectivity index (χ1n) is 6.72. The molecule has 5 nitrogen and oxygen atoms in total. The molecule has 1 heterocycles. The molecule has 0 aromatic heterocycles. The number of rotatable bonds is 4. The molecule has 2 rings (SSSR count). The van der Waals surface area contributed by atoms with E-state index in [4.69, 9.17) is 15.0 Å². The average Bonchev–Trinajstić information content (AvgIpc) is 2.47. The van der Waals surface area contributed by atoms with Gasteiger partial charge in [0.15, 0.2) is 0 Å². The molecule has 134 valence electrons. The van der Waals surface area contributed by atoms with Crippen molar-refractivity contribution in [2.24, 2.45) is 0 Å². The Balaban J connectivity index is 0.000000351. The Bertz CT molecular complexity index is 598. The number of nitrogens with one attached hydrogen (secondary N) is 1. The van der Waals surface area contributed by atoms with Gasteiger partial charge >= 0.3 is 18.1 Å². The summed E-state index contributed by atoms with van der Waals surface area (Å²) < 4.78 is 32.8. The Morgan fingerprint density at radius 3 is 2.50 bits per heavy atom. The quantitative estimate of drug-likeness (QED) is 0.679. The Hall–Kier alpha value is -1.26. The number of hydrogen-bond donors (Lipinski definition) is 3. The molecule has 0 saturated carbocycles. The Labute approximate surface area is 148 Å². The topological polar surface area (TPSA) is 86.6 Å². The highest BCUT2D eigenvalue weighted by molar-refractivity contribution is 9.10. The van der Waals surface area contributed by atoms with E-state index < -0.39 is 18.1 Å². The van der Waals surface area contributed by atoms with Crippen LogP contribution in [0.4, 0.5) is 13.2 Å². The maximum atomic E-state index is 10.6. The van der Waals surface area contributed by atoms with Crippen LogP contribution in [0.5, 0.6) is 0 Å². The highest BCUT2D eigenvalue weighted by Gasteiger charge is 2.38. The number of carbonyl (C=O) groups is 2.